The molecule has 3 nitrogen and oxygen atoms in total. The average Bonchev–Trinajstić information content (AvgIpc) is 2.35. The van der Waals surface area contributed by atoms with Gasteiger partial charge in [0, 0.05) is 17.3 Å². The van der Waals surface area contributed by atoms with Gasteiger partial charge in [0.05, 0.1) is 6.04 Å². The van der Waals surface area contributed by atoms with E-state index in [1.807, 2.05) is 0 Å². The summed E-state index contributed by atoms with van der Waals surface area (Å²) < 4.78 is 13.4. The van der Waals surface area contributed by atoms with Crippen molar-refractivity contribution in [3.05, 3.63) is 29.6 Å². The number of hydrogen-bond acceptors (Lipinski definition) is 2. The van der Waals surface area contributed by atoms with E-state index in [-0.39, 0.29) is 17.8 Å². The highest BCUT2D eigenvalue weighted by molar-refractivity contribution is 5.95. The zero-order valence-electron chi connectivity index (χ0n) is 10.8. The lowest BCUT2D eigenvalue weighted by Gasteiger charge is -2.28. The van der Waals surface area contributed by atoms with Gasteiger partial charge in [0.1, 0.15) is 5.82 Å². The molecule has 0 saturated carbocycles. The summed E-state index contributed by atoms with van der Waals surface area (Å²) in [4.78, 5) is 12.1. The second-order valence-corrected chi connectivity index (χ2v) is 4.95. The Morgan fingerprint density at radius 1 is 1.44 bits per heavy atom. The molecule has 2 N–H and O–H groups in total. The van der Waals surface area contributed by atoms with E-state index in [9.17, 15) is 9.18 Å². The number of piperidine rings is 1. The van der Waals surface area contributed by atoms with Gasteiger partial charge in [-0.2, -0.15) is 0 Å². The highest BCUT2D eigenvalue weighted by Crippen LogP contribution is 2.19. The molecule has 0 spiro atoms. The number of rotatable bonds is 2. The van der Waals surface area contributed by atoms with E-state index >= 15 is 0 Å². The third kappa shape index (κ3) is 2.88. The highest BCUT2D eigenvalue weighted by atomic mass is 19.1. The van der Waals surface area contributed by atoms with Crippen LogP contribution in [0.15, 0.2) is 18.2 Å². The van der Waals surface area contributed by atoms with Crippen LogP contribution < -0.4 is 10.6 Å². The quantitative estimate of drug-likeness (QED) is 0.847. The predicted molar refractivity (Wildman–Crippen MR) is 70.0 cm³/mol. The Hall–Kier alpha value is -1.42. The van der Waals surface area contributed by atoms with E-state index in [0.717, 1.165) is 19.3 Å². The maximum atomic E-state index is 13.4. The Kier molecular flexibility index (Phi) is 3.97. The minimum atomic E-state index is -0.294. The number of carbonyl (C=O) groups excluding carboxylic acids is 1. The minimum absolute atomic E-state index is 0.0738. The molecule has 1 fully saturated rings. The van der Waals surface area contributed by atoms with E-state index in [2.05, 4.69) is 17.6 Å². The van der Waals surface area contributed by atoms with Gasteiger partial charge in [-0.15, -0.1) is 0 Å². The Balaban J connectivity index is 2.04. The second-order valence-electron chi connectivity index (χ2n) is 4.95. The molecule has 1 amide bonds. The molecule has 2 atom stereocenters. The lowest BCUT2D eigenvalue weighted by Crippen LogP contribution is -2.47. The van der Waals surface area contributed by atoms with Crippen molar-refractivity contribution in [1.82, 2.24) is 5.32 Å². The summed E-state index contributed by atoms with van der Waals surface area (Å²) in [6, 6.07) is 4.92. The van der Waals surface area contributed by atoms with Crippen molar-refractivity contribution in [1.29, 1.82) is 0 Å². The van der Waals surface area contributed by atoms with E-state index in [1.165, 1.54) is 6.07 Å². The molecule has 2 unspecified atom stereocenters. The van der Waals surface area contributed by atoms with Gasteiger partial charge in [-0.3, -0.25) is 4.79 Å². The molecule has 0 bridgehead atoms. The van der Waals surface area contributed by atoms with E-state index in [1.54, 1.807) is 19.1 Å². The molecule has 2 rings (SSSR count). The smallest absolute Gasteiger partial charge is 0.241 e. The van der Waals surface area contributed by atoms with E-state index in [0.29, 0.717) is 17.3 Å². The molecule has 4 heteroatoms. The first-order valence-corrected chi connectivity index (χ1v) is 6.40. The molecule has 1 aliphatic heterocycles. The highest BCUT2D eigenvalue weighted by Gasteiger charge is 2.24. The van der Waals surface area contributed by atoms with Crippen molar-refractivity contribution >= 4 is 11.6 Å². The minimum Gasteiger partial charge on any atom is -0.324 e. The molecule has 0 aromatic heterocycles. The van der Waals surface area contributed by atoms with Gasteiger partial charge in [0.15, 0.2) is 0 Å². The number of benzene rings is 1. The third-order valence-electron chi connectivity index (χ3n) is 3.46. The summed E-state index contributed by atoms with van der Waals surface area (Å²) in [5.74, 6) is -0.368. The summed E-state index contributed by atoms with van der Waals surface area (Å²) >= 11 is 0. The number of amides is 1. The zero-order valence-corrected chi connectivity index (χ0v) is 10.8. The first kappa shape index (κ1) is 13.0. The predicted octanol–water partition coefficient (Wildman–Crippen LogP) is 2.60. The maximum Gasteiger partial charge on any atom is 0.241 e. The molecule has 0 radical (unpaired) electrons. The largest absolute Gasteiger partial charge is 0.324 e. The fourth-order valence-corrected chi connectivity index (χ4v) is 2.31. The fourth-order valence-electron chi connectivity index (χ4n) is 2.31. The molecule has 1 saturated heterocycles. The van der Waals surface area contributed by atoms with Crippen LogP contribution in [0.5, 0.6) is 0 Å². The molecule has 0 aliphatic carbocycles. The third-order valence-corrected chi connectivity index (χ3v) is 3.46. The summed E-state index contributed by atoms with van der Waals surface area (Å²) in [6.45, 7) is 3.74. The van der Waals surface area contributed by atoms with Crippen LogP contribution in [0.25, 0.3) is 0 Å². The number of anilines is 1. The summed E-state index contributed by atoms with van der Waals surface area (Å²) in [6.07, 6.45) is 2.99. The summed E-state index contributed by atoms with van der Waals surface area (Å²) in [5, 5.41) is 6.06. The van der Waals surface area contributed by atoms with Crippen molar-refractivity contribution in [3.63, 3.8) is 0 Å². The maximum absolute atomic E-state index is 13.4. The fraction of sp³-hybridized carbons (Fsp3) is 0.500. The normalized spacial score (nSPS) is 23.7. The zero-order chi connectivity index (χ0) is 13.1. The monoisotopic (exact) mass is 250 g/mol. The van der Waals surface area contributed by atoms with Crippen LogP contribution in [0.2, 0.25) is 0 Å². The van der Waals surface area contributed by atoms with Gasteiger partial charge in [0.25, 0.3) is 0 Å². The van der Waals surface area contributed by atoms with Gasteiger partial charge in [-0.25, -0.2) is 4.39 Å². The average molecular weight is 250 g/mol. The van der Waals surface area contributed by atoms with Gasteiger partial charge in [-0.1, -0.05) is 6.07 Å². The number of hydrogen-bond donors (Lipinski definition) is 2. The lowest BCUT2D eigenvalue weighted by molar-refractivity contribution is -0.118. The van der Waals surface area contributed by atoms with Crippen molar-refractivity contribution in [2.75, 3.05) is 5.32 Å². The lowest BCUT2D eigenvalue weighted by atomic mass is 9.99. The molecule has 1 aliphatic rings. The number of nitrogens with one attached hydrogen (secondary N) is 2. The molecule has 1 aromatic rings. The van der Waals surface area contributed by atoms with Crippen LogP contribution in [-0.2, 0) is 4.79 Å². The van der Waals surface area contributed by atoms with E-state index < -0.39 is 0 Å². The van der Waals surface area contributed by atoms with Gasteiger partial charge in [0.2, 0.25) is 5.91 Å². The molecule has 98 valence electrons. The first-order valence-electron chi connectivity index (χ1n) is 6.40. The number of carbonyl (C=O) groups is 1. The van der Waals surface area contributed by atoms with Crippen LogP contribution in [0.1, 0.15) is 31.7 Å². The van der Waals surface area contributed by atoms with Crippen molar-refractivity contribution in [2.45, 2.75) is 45.2 Å². The molecular weight excluding hydrogens is 231 g/mol. The van der Waals surface area contributed by atoms with Crippen LogP contribution in [0.4, 0.5) is 10.1 Å². The standard InChI is InChI=1S/C14H19FN2O/c1-9-5-3-8-13(16-9)14(18)17-12-7-4-6-11(15)10(12)2/h4,6-7,9,13,16H,3,5,8H2,1-2H3,(H,17,18). The van der Waals surface area contributed by atoms with Gasteiger partial charge >= 0.3 is 0 Å². The Bertz CT molecular complexity index is 447. The summed E-state index contributed by atoms with van der Waals surface area (Å²) in [7, 11) is 0. The Morgan fingerprint density at radius 2 is 2.22 bits per heavy atom. The molecule has 1 heterocycles. The Morgan fingerprint density at radius 3 is 2.94 bits per heavy atom. The van der Waals surface area contributed by atoms with Gasteiger partial charge < -0.3 is 10.6 Å². The summed E-state index contributed by atoms with van der Waals surface area (Å²) in [5.41, 5.74) is 1.04. The van der Waals surface area contributed by atoms with Crippen LogP contribution in [0.3, 0.4) is 0 Å². The molecule has 18 heavy (non-hydrogen) atoms. The first-order chi connectivity index (χ1) is 8.58. The Labute approximate surface area is 107 Å². The van der Waals surface area contributed by atoms with Crippen molar-refractivity contribution in [3.8, 4) is 0 Å². The SMILES string of the molecule is Cc1c(F)cccc1NC(=O)C1CCCC(C)N1. The van der Waals surface area contributed by atoms with Crippen molar-refractivity contribution in [2.24, 2.45) is 0 Å². The second kappa shape index (κ2) is 5.48. The van der Waals surface area contributed by atoms with Crippen LogP contribution >= 0.6 is 0 Å². The van der Waals surface area contributed by atoms with E-state index in [4.69, 9.17) is 0 Å². The van der Waals surface area contributed by atoms with Crippen molar-refractivity contribution < 1.29 is 9.18 Å². The number of halogens is 1. The van der Waals surface area contributed by atoms with Crippen LogP contribution in [0, 0.1) is 12.7 Å². The van der Waals surface area contributed by atoms with Gasteiger partial charge in [-0.05, 0) is 45.2 Å². The topological polar surface area (TPSA) is 41.1 Å². The van der Waals surface area contributed by atoms with Crippen LogP contribution in [-0.4, -0.2) is 18.0 Å². The molecular formula is C14H19FN2O. The molecule has 1 aromatic carbocycles.